The molecule has 0 spiro atoms. The summed E-state index contributed by atoms with van der Waals surface area (Å²) in [6.07, 6.45) is 5.09. The van der Waals surface area contributed by atoms with E-state index in [2.05, 4.69) is 59.1 Å². The molecule has 0 aromatic heterocycles. The number of rotatable bonds is 11. The van der Waals surface area contributed by atoms with E-state index in [1.807, 2.05) is 0 Å². The van der Waals surface area contributed by atoms with Crippen molar-refractivity contribution in [2.75, 3.05) is 0 Å². The molecule has 0 N–H and O–H groups in total. The maximum Gasteiger partial charge on any atom is 0.216 e. The molecule has 2 nitrogen and oxygen atoms in total. The number of allylic oxidation sites excluding steroid dienone is 1. The fourth-order valence-corrected chi connectivity index (χ4v) is 6.30. The Kier molecular flexibility index (Phi) is 9.66. The summed E-state index contributed by atoms with van der Waals surface area (Å²) >= 11 is 0. The molecule has 4 heteroatoms. The van der Waals surface area contributed by atoms with Crippen LogP contribution in [0.3, 0.4) is 0 Å². The Morgan fingerprint density at radius 2 is 1.67 bits per heavy atom. The second-order valence-corrected chi connectivity index (χ2v) is 17.0. The maximum atomic E-state index is 11.0. The van der Waals surface area contributed by atoms with E-state index in [1.165, 1.54) is 6.04 Å². The Morgan fingerprint density at radius 1 is 1.10 bits per heavy atom. The minimum Gasteiger partial charge on any atom is -0.409 e. The first-order valence-electron chi connectivity index (χ1n) is 8.52. The van der Waals surface area contributed by atoms with Gasteiger partial charge in [-0.3, -0.25) is 0 Å². The zero-order valence-corrected chi connectivity index (χ0v) is 17.2. The highest BCUT2D eigenvalue weighted by molar-refractivity contribution is 6.79. The summed E-state index contributed by atoms with van der Waals surface area (Å²) in [5.74, 6) is 0.450. The van der Waals surface area contributed by atoms with E-state index in [4.69, 9.17) is 4.43 Å². The first kappa shape index (κ1) is 20.8. The Labute approximate surface area is 134 Å². The van der Waals surface area contributed by atoms with Gasteiger partial charge in [-0.15, -0.1) is 0 Å². The van der Waals surface area contributed by atoms with Crippen LogP contribution in [-0.4, -0.2) is 28.8 Å². The van der Waals surface area contributed by atoms with Crippen LogP contribution in [0, 0.1) is 5.92 Å². The lowest BCUT2D eigenvalue weighted by atomic mass is 10.0. The molecule has 0 saturated heterocycles. The minimum absolute atomic E-state index is 0.0931. The van der Waals surface area contributed by atoms with E-state index >= 15 is 0 Å². The second-order valence-electron chi connectivity index (χ2n) is 7.38. The molecular formula is C17H36O2Si2. The summed E-state index contributed by atoms with van der Waals surface area (Å²) < 4.78 is 6.58. The monoisotopic (exact) mass is 328 g/mol. The predicted octanol–water partition coefficient (Wildman–Crippen LogP) is 5.43. The van der Waals surface area contributed by atoms with Gasteiger partial charge >= 0.3 is 0 Å². The standard InChI is InChI=1S/C17H36O2Si2/c1-8-16(4)17(12-13-18)19-21(9-2,10-3)15-11-14-20(5,6)7/h11,13,15-17H,8-10,12,14H2,1-7H3/b15-11+. The van der Waals surface area contributed by atoms with Crippen LogP contribution in [0.2, 0.25) is 37.8 Å². The minimum atomic E-state index is -1.84. The Morgan fingerprint density at radius 3 is 2.05 bits per heavy atom. The van der Waals surface area contributed by atoms with Crippen LogP contribution in [0.1, 0.15) is 40.5 Å². The molecule has 124 valence electrons. The van der Waals surface area contributed by atoms with Gasteiger partial charge < -0.3 is 9.22 Å². The predicted molar refractivity (Wildman–Crippen MR) is 99.0 cm³/mol. The average Bonchev–Trinajstić information content (AvgIpc) is 2.43. The van der Waals surface area contributed by atoms with E-state index in [0.29, 0.717) is 12.3 Å². The Bertz CT molecular complexity index is 317. The largest absolute Gasteiger partial charge is 0.409 e. The van der Waals surface area contributed by atoms with Gasteiger partial charge in [0.1, 0.15) is 6.29 Å². The molecule has 21 heavy (non-hydrogen) atoms. The van der Waals surface area contributed by atoms with Gasteiger partial charge in [0, 0.05) is 14.5 Å². The van der Waals surface area contributed by atoms with Crippen LogP contribution in [0.25, 0.3) is 0 Å². The van der Waals surface area contributed by atoms with E-state index in [1.54, 1.807) is 0 Å². The van der Waals surface area contributed by atoms with Crippen molar-refractivity contribution < 1.29 is 9.22 Å². The van der Waals surface area contributed by atoms with Crippen molar-refractivity contribution in [3.05, 3.63) is 11.8 Å². The van der Waals surface area contributed by atoms with Crippen LogP contribution in [0.5, 0.6) is 0 Å². The molecule has 0 bridgehead atoms. The summed E-state index contributed by atoms with van der Waals surface area (Å²) in [5, 5.41) is 0. The van der Waals surface area contributed by atoms with E-state index in [0.717, 1.165) is 24.8 Å². The van der Waals surface area contributed by atoms with Crippen molar-refractivity contribution in [2.45, 2.75) is 84.4 Å². The molecular weight excluding hydrogens is 292 g/mol. The van der Waals surface area contributed by atoms with E-state index < -0.39 is 16.4 Å². The Balaban J connectivity index is 5.02. The zero-order valence-electron chi connectivity index (χ0n) is 15.2. The molecule has 0 aromatic carbocycles. The van der Waals surface area contributed by atoms with Crippen molar-refractivity contribution in [3.63, 3.8) is 0 Å². The molecule has 0 radical (unpaired) electrons. The molecule has 0 aliphatic carbocycles. The number of aldehydes is 1. The smallest absolute Gasteiger partial charge is 0.216 e. The maximum absolute atomic E-state index is 11.0. The SMILES string of the molecule is CCC(C)C(CC=O)O[Si](/C=C/C[Si](C)(C)C)(CC)CC. The van der Waals surface area contributed by atoms with Gasteiger partial charge in [0.15, 0.2) is 0 Å². The molecule has 0 aromatic rings. The van der Waals surface area contributed by atoms with Crippen molar-refractivity contribution in [2.24, 2.45) is 5.92 Å². The van der Waals surface area contributed by atoms with E-state index in [-0.39, 0.29) is 6.10 Å². The van der Waals surface area contributed by atoms with Gasteiger partial charge in [-0.25, -0.2) is 0 Å². The number of hydrogen-bond donors (Lipinski definition) is 0. The third-order valence-electron chi connectivity index (χ3n) is 4.34. The number of carbonyl (C=O) groups excluding carboxylic acids is 1. The molecule has 0 aliphatic heterocycles. The summed E-state index contributed by atoms with van der Waals surface area (Å²) in [4.78, 5) is 11.0. The fourth-order valence-electron chi connectivity index (χ4n) is 2.37. The molecule has 0 fully saturated rings. The van der Waals surface area contributed by atoms with Crippen LogP contribution in [-0.2, 0) is 9.22 Å². The normalized spacial score (nSPS) is 16.1. The zero-order chi connectivity index (χ0) is 16.5. The first-order valence-corrected chi connectivity index (χ1v) is 14.6. The molecule has 0 aliphatic rings. The van der Waals surface area contributed by atoms with Crippen molar-refractivity contribution >= 4 is 22.7 Å². The molecule has 0 saturated carbocycles. The lowest BCUT2D eigenvalue weighted by Crippen LogP contribution is -2.41. The second kappa shape index (κ2) is 9.75. The quantitative estimate of drug-likeness (QED) is 0.373. The van der Waals surface area contributed by atoms with Gasteiger partial charge in [-0.2, -0.15) is 0 Å². The van der Waals surface area contributed by atoms with Crippen LogP contribution in [0.15, 0.2) is 11.8 Å². The highest BCUT2D eigenvalue weighted by atomic mass is 28.4. The molecule has 0 heterocycles. The molecule has 0 rings (SSSR count). The van der Waals surface area contributed by atoms with Crippen molar-refractivity contribution in [1.82, 2.24) is 0 Å². The molecule has 0 amide bonds. The average molecular weight is 329 g/mol. The van der Waals surface area contributed by atoms with Gasteiger partial charge in [-0.1, -0.05) is 65.5 Å². The van der Waals surface area contributed by atoms with Gasteiger partial charge in [0.25, 0.3) is 0 Å². The van der Waals surface area contributed by atoms with Crippen LogP contribution >= 0.6 is 0 Å². The van der Waals surface area contributed by atoms with Gasteiger partial charge in [-0.05, 0) is 24.1 Å². The third-order valence-corrected chi connectivity index (χ3v) is 9.81. The first-order chi connectivity index (χ1) is 9.73. The number of carbonyl (C=O) groups is 1. The molecule has 2 unspecified atom stereocenters. The van der Waals surface area contributed by atoms with Crippen LogP contribution < -0.4 is 0 Å². The summed E-state index contributed by atoms with van der Waals surface area (Å²) in [6, 6.07) is 3.40. The van der Waals surface area contributed by atoms with Crippen molar-refractivity contribution in [3.8, 4) is 0 Å². The molecule has 2 atom stereocenters. The third kappa shape index (κ3) is 8.12. The van der Waals surface area contributed by atoms with Crippen LogP contribution in [0.4, 0.5) is 0 Å². The Hall–Kier alpha value is -0.196. The summed E-state index contributed by atoms with van der Waals surface area (Å²) in [6.45, 7) is 16.0. The highest BCUT2D eigenvalue weighted by Crippen LogP contribution is 2.26. The fraction of sp³-hybridized carbons (Fsp3) is 0.824. The van der Waals surface area contributed by atoms with E-state index in [9.17, 15) is 4.79 Å². The van der Waals surface area contributed by atoms with Gasteiger partial charge in [0.05, 0.1) is 6.10 Å². The topological polar surface area (TPSA) is 26.3 Å². The number of hydrogen-bond acceptors (Lipinski definition) is 2. The summed E-state index contributed by atoms with van der Waals surface area (Å²) in [5.41, 5.74) is 2.41. The summed E-state index contributed by atoms with van der Waals surface area (Å²) in [7, 11) is -2.88. The van der Waals surface area contributed by atoms with Crippen molar-refractivity contribution in [1.29, 1.82) is 0 Å². The highest BCUT2D eigenvalue weighted by Gasteiger charge is 2.33. The van der Waals surface area contributed by atoms with Gasteiger partial charge in [0.2, 0.25) is 8.32 Å². The lowest BCUT2D eigenvalue weighted by molar-refractivity contribution is -0.109. The lowest BCUT2D eigenvalue weighted by Gasteiger charge is -2.34.